The Balaban J connectivity index is 1.55. The standard InChI is InChI=1S/C20H20F2N2S/c1-23-13-20(16-7-6-14(21)12-18(16)23)8-10-24(11-9-20)19(25)15-4-2-3-5-17(15)22/h2-7,12H,8-11,13H2,1H3. The van der Waals surface area contributed by atoms with Gasteiger partial charge in [0.05, 0.1) is 0 Å². The molecule has 5 heteroatoms. The fourth-order valence-electron chi connectivity index (χ4n) is 4.26. The van der Waals surface area contributed by atoms with Gasteiger partial charge in [0.25, 0.3) is 0 Å². The van der Waals surface area contributed by atoms with E-state index >= 15 is 0 Å². The van der Waals surface area contributed by atoms with Gasteiger partial charge in [-0.05, 0) is 42.7 Å². The van der Waals surface area contributed by atoms with Crippen LogP contribution in [0.2, 0.25) is 0 Å². The fraction of sp³-hybridized carbons (Fsp3) is 0.350. The van der Waals surface area contributed by atoms with Gasteiger partial charge in [-0.25, -0.2) is 8.78 Å². The van der Waals surface area contributed by atoms with Crippen molar-refractivity contribution >= 4 is 22.9 Å². The molecule has 2 heterocycles. The minimum atomic E-state index is -0.269. The first-order chi connectivity index (χ1) is 12.0. The van der Waals surface area contributed by atoms with Crippen LogP contribution in [0.4, 0.5) is 14.5 Å². The van der Waals surface area contributed by atoms with Crippen molar-refractivity contribution in [3.63, 3.8) is 0 Å². The van der Waals surface area contributed by atoms with Crippen LogP contribution in [0.15, 0.2) is 42.5 Å². The highest BCUT2D eigenvalue weighted by Crippen LogP contribution is 2.46. The van der Waals surface area contributed by atoms with Crippen molar-refractivity contribution in [2.45, 2.75) is 18.3 Å². The molecule has 2 nitrogen and oxygen atoms in total. The highest BCUT2D eigenvalue weighted by atomic mass is 32.1. The van der Waals surface area contributed by atoms with Crippen LogP contribution in [0.5, 0.6) is 0 Å². The molecular weight excluding hydrogens is 338 g/mol. The summed E-state index contributed by atoms with van der Waals surface area (Å²) in [6, 6.07) is 11.8. The molecule has 2 aliphatic rings. The molecule has 2 aliphatic heterocycles. The first-order valence-electron chi connectivity index (χ1n) is 8.55. The average molecular weight is 358 g/mol. The highest BCUT2D eigenvalue weighted by molar-refractivity contribution is 7.80. The van der Waals surface area contributed by atoms with Gasteiger partial charge >= 0.3 is 0 Å². The lowest BCUT2D eigenvalue weighted by molar-refractivity contribution is 0.240. The van der Waals surface area contributed by atoms with Gasteiger partial charge in [0, 0.05) is 43.3 Å². The second kappa shape index (κ2) is 6.06. The zero-order chi connectivity index (χ0) is 17.6. The van der Waals surface area contributed by atoms with Crippen LogP contribution in [0.1, 0.15) is 24.0 Å². The SMILES string of the molecule is CN1CC2(CCN(C(=S)c3ccccc3F)CC2)c2ccc(F)cc21. The van der Waals surface area contributed by atoms with Crippen LogP contribution in [-0.2, 0) is 5.41 Å². The molecule has 1 fully saturated rings. The lowest BCUT2D eigenvalue weighted by Crippen LogP contribution is -2.46. The molecule has 4 rings (SSSR count). The highest BCUT2D eigenvalue weighted by Gasteiger charge is 2.44. The van der Waals surface area contributed by atoms with E-state index in [9.17, 15) is 8.78 Å². The summed E-state index contributed by atoms with van der Waals surface area (Å²) in [5, 5.41) is 0. The van der Waals surface area contributed by atoms with Gasteiger partial charge in [-0.15, -0.1) is 0 Å². The molecule has 1 saturated heterocycles. The zero-order valence-corrected chi connectivity index (χ0v) is 15.0. The van der Waals surface area contributed by atoms with Crippen molar-refractivity contribution in [2.75, 3.05) is 31.6 Å². The molecule has 0 aromatic heterocycles. The van der Waals surface area contributed by atoms with E-state index in [0.29, 0.717) is 10.6 Å². The molecule has 1 spiro atoms. The summed E-state index contributed by atoms with van der Waals surface area (Å²) < 4.78 is 27.6. The number of nitrogens with zero attached hydrogens (tertiary/aromatic N) is 2. The van der Waals surface area contributed by atoms with Crippen molar-refractivity contribution in [3.8, 4) is 0 Å². The van der Waals surface area contributed by atoms with Crippen molar-refractivity contribution in [1.29, 1.82) is 0 Å². The topological polar surface area (TPSA) is 6.48 Å². The Morgan fingerprint density at radius 3 is 2.52 bits per heavy atom. The quantitative estimate of drug-likeness (QED) is 0.708. The number of anilines is 1. The molecule has 0 unspecified atom stereocenters. The number of piperidine rings is 1. The number of likely N-dealkylation sites (N-methyl/N-ethyl adjacent to an activating group) is 1. The Kier molecular flexibility index (Phi) is 3.99. The van der Waals surface area contributed by atoms with E-state index in [1.54, 1.807) is 24.3 Å². The third kappa shape index (κ3) is 2.71. The summed E-state index contributed by atoms with van der Waals surface area (Å²) >= 11 is 5.54. The van der Waals surface area contributed by atoms with E-state index in [1.165, 1.54) is 11.6 Å². The van der Waals surface area contributed by atoms with E-state index in [-0.39, 0.29) is 17.0 Å². The van der Waals surface area contributed by atoms with E-state index in [0.717, 1.165) is 38.2 Å². The maximum Gasteiger partial charge on any atom is 0.133 e. The molecule has 130 valence electrons. The summed E-state index contributed by atoms with van der Waals surface area (Å²) in [6.45, 7) is 2.47. The van der Waals surface area contributed by atoms with Crippen LogP contribution in [-0.4, -0.2) is 36.6 Å². The maximum atomic E-state index is 14.0. The van der Waals surface area contributed by atoms with Gasteiger partial charge in [0.15, 0.2) is 0 Å². The molecule has 0 saturated carbocycles. The largest absolute Gasteiger partial charge is 0.373 e. The van der Waals surface area contributed by atoms with E-state index in [1.807, 2.05) is 19.2 Å². The summed E-state index contributed by atoms with van der Waals surface area (Å²) in [6.07, 6.45) is 1.87. The smallest absolute Gasteiger partial charge is 0.133 e. The van der Waals surface area contributed by atoms with Crippen molar-refractivity contribution in [1.82, 2.24) is 4.90 Å². The molecule has 0 amide bonds. The van der Waals surface area contributed by atoms with Gasteiger partial charge in [0.1, 0.15) is 16.6 Å². The van der Waals surface area contributed by atoms with Gasteiger partial charge < -0.3 is 9.80 Å². The molecule has 0 N–H and O–H groups in total. The number of thiocarbonyl (C=S) groups is 1. The molecular formula is C20H20F2N2S. The van der Waals surface area contributed by atoms with Crippen molar-refractivity contribution in [2.24, 2.45) is 0 Å². The molecule has 2 aromatic carbocycles. The van der Waals surface area contributed by atoms with Gasteiger partial charge in [0.2, 0.25) is 0 Å². The number of halogens is 2. The number of likely N-dealkylation sites (tertiary alicyclic amines) is 1. The Bertz CT molecular complexity index is 828. The summed E-state index contributed by atoms with van der Waals surface area (Å²) in [5.74, 6) is -0.463. The van der Waals surface area contributed by atoms with Crippen LogP contribution in [0.25, 0.3) is 0 Å². The third-order valence-electron chi connectivity index (χ3n) is 5.59. The Morgan fingerprint density at radius 1 is 1.08 bits per heavy atom. The molecule has 0 aliphatic carbocycles. The van der Waals surface area contributed by atoms with Crippen LogP contribution in [0.3, 0.4) is 0 Å². The number of benzene rings is 2. The van der Waals surface area contributed by atoms with Crippen molar-refractivity contribution in [3.05, 3.63) is 65.2 Å². The number of hydrogen-bond donors (Lipinski definition) is 0. The number of hydrogen-bond acceptors (Lipinski definition) is 2. The molecule has 0 atom stereocenters. The number of rotatable bonds is 1. The fourth-order valence-corrected chi connectivity index (χ4v) is 4.61. The van der Waals surface area contributed by atoms with E-state index in [2.05, 4.69) is 9.80 Å². The van der Waals surface area contributed by atoms with Crippen molar-refractivity contribution < 1.29 is 8.78 Å². The zero-order valence-electron chi connectivity index (χ0n) is 14.1. The average Bonchev–Trinajstić information content (AvgIpc) is 2.87. The van der Waals surface area contributed by atoms with Crippen LogP contribution >= 0.6 is 12.2 Å². The molecule has 0 bridgehead atoms. The maximum absolute atomic E-state index is 14.0. The van der Waals surface area contributed by atoms with Gasteiger partial charge in [-0.3, -0.25) is 0 Å². The number of fused-ring (bicyclic) bond motifs is 2. The van der Waals surface area contributed by atoms with E-state index < -0.39 is 0 Å². The van der Waals surface area contributed by atoms with E-state index in [4.69, 9.17) is 12.2 Å². The van der Waals surface area contributed by atoms with Crippen LogP contribution < -0.4 is 4.90 Å². The summed E-state index contributed by atoms with van der Waals surface area (Å²) in [7, 11) is 2.02. The lowest BCUT2D eigenvalue weighted by atomic mass is 9.74. The first-order valence-corrected chi connectivity index (χ1v) is 8.96. The molecule has 2 aromatic rings. The van der Waals surface area contributed by atoms with Gasteiger partial charge in [-0.2, -0.15) is 0 Å². The Morgan fingerprint density at radius 2 is 1.80 bits per heavy atom. The Hall–Kier alpha value is -2.01. The molecule has 25 heavy (non-hydrogen) atoms. The second-order valence-electron chi connectivity index (χ2n) is 7.07. The second-order valence-corrected chi connectivity index (χ2v) is 7.46. The predicted octanol–water partition coefficient (Wildman–Crippen LogP) is 4.12. The minimum absolute atomic E-state index is 0.0408. The predicted molar refractivity (Wildman–Crippen MR) is 100 cm³/mol. The summed E-state index contributed by atoms with van der Waals surface area (Å²) in [5.41, 5.74) is 2.76. The Labute approximate surface area is 152 Å². The summed E-state index contributed by atoms with van der Waals surface area (Å²) in [4.78, 5) is 4.82. The minimum Gasteiger partial charge on any atom is -0.373 e. The van der Waals surface area contributed by atoms with Crippen LogP contribution in [0, 0.1) is 11.6 Å². The lowest BCUT2D eigenvalue weighted by Gasteiger charge is -2.41. The van der Waals surface area contributed by atoms with Gasteiger partial charge in [-0.1, -0.05) is 30.4 Å². The molecule has 0 radical (unpaired) electrons. The normalized spacial score (nSPS) is 18.5. The first kappa shape index (κ1) is 16.5. The third-order valence-corrected chi connectivity index (χ3v) is 6.07. The monoisotopic (exact) mass is 358 g/mol.